The Hall–Kier alpha value is -1.91. The average molecular weight is 335 g/mol. The predicted octanol–water partition coefficient (Wildman–Crippen LogP) is 3.90. The SMILES string of the molecule is CN(C)CCC(NC(=O)c1ccc(F)cc1)c1ccc(Cl)cc1. The van der Waals surface area contributed by atoms with E-state index in [-0.39, 0.29) is 17.8 Å². The lowest BCUT2D eigenvalue weighted by Crippen LogP contribution is -2.31. The van der Waals surface area contributed by atoms with E-state index < -0.39 is 0 Å². The molecular formula is C18H20ClFN2O. The van der Waals surface area contributed by atoms with Crippen LogP contribution in [0.1, 0.15) is 28.4 Å². The number of amides is 1. The fourth-order valence-corrected chi connectivity index (χ4v) is 2.37. The molecule has 0 fully saturated rings. The van der Waals surface area contributed by atoms with Gasteiger partial charge in [-0.05, 0) is 69.0 Å². The molecule has 5 heteroatoms. The van der Waals surface area contributed by atoms with Gasteiger partial charge in [0, 0.05) is 10.6 Å². The van der Waals surface area contributed by atoms with Gasteiger partial charge < -0.3 is 10.2 Å². The van der Waals surface area contributed by atoms with E-state index in [1.165, 1.54) is 24.3 Å². The van der Waals surface area contributed by atoms with E-state index in [0.29, 0.717) is 10.6 Å². The molecule has 1 unspecified atom stereocenters. The van der Waals surface area contributed by atoms with Gasteiger partial charge in [-0.3, -0.25) is 4.79 Å². The predicted molar refractivity (Wildman–Crippen MR) is 91.2 cm³/mol. The fourth-order valence-electron chi connectivity index (χ4n) is 2.25. The third kappa shape index (κ3) is 5.34. The van der Waals surface area contributed by atoms with Crippen LogP contribution in [0.25, 0.3) is 0 Å². The first-order valence-corrected chi connectivity index (χ1v) is 7.80. The Bertz CT molecular complexity index is 641. The Morgan fingerprint density at radius 1 is 1.13 bits per heavy atom. The number of nitrogens with zero attached hydrogens (tertiary/aromatic N) is 1. The minimum atomic E-state index is -0.358. The van der Waals surface area contributed by atoms with Gasteiger partial charge in [-0.1, -0.05) is 23.7 Å². The molecule has 0 aliphatic rings. The number of carbonyl (C=O) groups is 1. The van der Waals surface area contributed by atoms with Crippen molar-refractivity contribution >= 4 is 17.5 Å². The molecule has 0 radical (unpaired) electrons. The first kappa shape index (κ1) is 17.4. The van der Waals surface area contributed by atoms with Gasteiger partial charge in [-0.25, -0.2) is 4.39 Å². The van der Waals surface area contributed by atoms with Crippen LogP contribution in [0.2, 0.25) is 5.02 Å². The lowest BCUT2D eigenvalue weighted by Gasteiger charge is -2.21. The third-order valence-corrected chi connectivity index (χ3v) is 3.80. The average Bonchev–Trinajstić information content (AvgIpc) is 2.52. The summed E-state index contributed by atoms with van der Waals surface area (Å²) in [6.45, 7) is 0.830. The topological polar surface area (TPSA) is 32.3 Å². The van der Waals surface area contributed by atoms with Crippen LogP contribution >= 0.6 is 11.6 Å². The van der Waals surface area contributed by atoms with Crippen molar-refractivity contribution in [3.63, 3.8) is 0 Å². The van der Waals surface area contributed by atoms with Crippen LogP contribution in [-0.4, -0.2) is 31.4 Å². The maximum atomic E-state index is 13.0. The zero-order valence-corrected chi connectivity index (χ0v) is 14.0. The molecular weight excluding hydrogens is 315 g/mol. The smallest absolute Gasteiger partial charge is 0.251 e. The molecule has 0 aromatic heterocycles. The number of rotatable bonds is 6. The third-order valence-electron chi connectivity index (χ3n) is 3.55. The summed E-state index contributed by atoms with van der Waals surface area (Å²) in [6.07, 6.45) is 0.765. The zero-order valence-electron chi connectivity index (χ0n) is 13.2. The minimum absolute atomic E-state index is 0.132. The molecule has 0 spiro atoms. The Balaban J connectivity index is 2.14. The van der Waals surface area contributed by atoms with Crippen molar-refractivity contribution in [2.45, 2.75) is 12.5 Å². The van der Waals surface area contributed by atoms with Gasteiger partial charge in [0.2, 0.25) is 0 Å². The lowest BCUT2D eigenvalue weighted by molar-refractivity contribution is 0.0932. The van der Waals surface area contributed by atoms with Crippen molar-refractivity contribution in [2.24, 2.45) is 0 Å². The Morgan fingerprint density at radius 3 is 2.30 bits per heavy atom. The second kappa shape index (κ2) is 8.09. The van der Waals surface area contributed by atoms with E-state index in [2.05, 4.69) is 10.2 Å². The van der Waals surface area contributed by atoms with Crippen molar-refractivity contribution in [3.8, 4) is 0 Å². The van der Waals surface area contributed by atoms with E-state index in [9.17, 15) is 9.18 Å². The van der Waals surface area contributed by atoms with Crippen LogP contribution in [0, 0.1) is 5.82 Å². The molecule has 1 amide bonds. The maximum absolute atomic E-state index is 13.0. The second-order valence-corrected chi connectivity index (χ2v) is 6.11. The summed E-state index contributed by atoms with van der Waals surface area (Å²) in [6, 6.07) is 12.8. The fraction of sp³-hybridized carbons (Fsp3) is 0.278. The highest BCUT2D eigenvalue weighted by atomic mass is 35.5. The summed E-state index contributed by atoms with van der Waals surface area (Å²) in [5.41, 5.74) is 1.43. The van der Waals surface area contributed by atoms with Crippen molar-refractivity contribution < 1.29 is 9.18 Å². The summed E-state index contributed by atoms with van der Waals surface area (Å²) in [5.74, 6) is -0.577. The molecule has 0 aliphatic carbocycles. The second-order valence-electron chi connectivity index (χ2n) is 5.68. The number of carbonyl (C=O) groups excluding carboxylic acids is 1. The van der Waals surface area contributed by atoms with Gasteiger partial charge in [0.05, 0.1) is 6.04 Å². The number of nitrogens with one attached hydrogen (secondary N) is 1. The highest BCUT2D eigenvalue weighted by Crippen LogP contribution is 2.20. The van der Waals surface area contributed by atoms with Gasteiger partial charge in [0.1, 0.15) is 5.82 Å². The van der Waals surface area contributed by atoms with E-state index in [1.54, 1.807) is 0 Å². The molecule has 122 valence electrons. The molecule has 1 atom stereocenters. The van der Waals surface area contributed by atoms with E-state index in [1.807, 2.05) is 38.4 Å². The van der Waals surface area contributed by atoms with Crippen molar-refractivity contribution in [1.82, 2.24) is 10.2 Å². The number of hydrogen-bond acceptors (Lipinski definition) is 2. The van der Waals surface area contributed by atoms with E-state index in [4.69, 9.17) is 11.6 Å². The molecule has 0 aliphatic heterocycles. The molecule has 1 N–H and O–H groups in total. The normalized spacial score (nSPS) is 12.2. The van der Waals surface area contributed by atoms with Crippen molar-refractivity contribution in [2.75, 3.05) is 20.6 Å². The molecule has 2 aromatic carbocycles. The Kier molecular flexibility index (Phi) is 6.13. The summed E-state index contributed by atoms with van der Waals surface area (Å²) in [7, 11) is 3.97. The number of halogens is 2. The number of hydrogen-bond donors (Lipinski definition) is 1. The molecule has 2 aromatic rings. The maximum Gasteiger partial charge on any atom is 0.251 e. The quantitative estimate of drug-likeness (QED) is 0.869. The first-order valence-electron chi connectivity index (χ1n) is 7.42. The molecule has 0 saturated heterocycles. The summed E-state index contributed by atoms with van der Waals surface area (Å²) in [4.78, 5) is 14.4. The minimum Gasteiger partial charge on any atom is -0.345 e. The van der Waals surface area contributed by atoms with Crippen LogP contribution in [0.5, 0.6) is 0 Å². The van der Waals surface area contributed by atoms with Gasteiger partial charge in [-0.15, -0.1) is 0 Å². The summed E-state index contributed by atoms with van der Waals surface area (Å²) >= 11 is 5.93. The zero-order chi connectivity index (χ0) is 16.8. The number of benzene rings is 2. The van der Waals surface area contributed by atoms with Gasteiger partial charge in [-0.2, -0.15) is 0 Å². The van der Waals surface area contributed by atoms with Crippen molar-refractivity contribution in [3.05, 3.63) is 70.5 Å². The van der Waals surface area contributed by atoms with Crippen LogP contribution < -0.4 is 5.32 Å². The van der Waals surface area contributed by atoms with Gasteiger partial charge in [0.15, 0.2) is 0 Å². The highest BCUT2D eigenvalue weighted by molar-refractivity contribution is 6.30. The van der Waals surface area contributed by atoms with Crippen LogP contribution in [0.4, 0.5) is 4.39 Å². The highest BCUT2D eigenvalue weighted by Gasteiger charge is 2.16. The standard InChI is InChI=1S/C18H20ClFN2O/c1-22(2)12-11-17(13-3-7-15(19)8-4-13)21-18(23)14-5-9-16(20)10-6-14/h3-10,17H,11-12H2,1-2H3,(H,21,23). The van der Waals surface area contributed by atoms with E-state index >= 15 is 0 Å². The lowest BCUT2D eigenvalue weighted by atomic mass is 10.0. The van der Waals surface area contributed by atoms with Crippen molar-refractivity contribution in [1.29, 1.82) is 0 Å². The molecule has 0 heterocycles. The molecule has 23 heavy (non-hydrogen) atoms. The Morgan fingerprint density at radius 2 is 1.74 bits per heavy atom. The summed E-state index contributed by atoms with van der Waals surface area (Å²) in [5, 5.41) is 3.67. The molecule has 2 rings (SSSR count). The van der Waals surface area contributed by atoms with Gasteiger partial charge >= 0.3 is 0 Å². The van der Waals surface area contributed by atoms with Crippen LogP contribution in [0.3, 0.4) is 0 Å². The van der Waals surface area contributed by atoms with Gasteiger partial charge in [0.25, 0.3) is 5.91 Å². The van der Waals surface area contributed by atoms with Crippen LogP contribution in [-0.2, 0) is 0 Å². The van der Waals surface area contributed by atoms with E-state index in [0.717, 1.165) is 18.5 Å². The monoisotopic (exact) mass is 334 g/mol. The Labute approximate surface area is 141 Å². The molecule has 0 bridgehead atoms. The summed E-state index contributed by atoms with van der Waals surface area (Å²) < 4.78 is 13.0. The largest absolute Gasteiger partial charge is 0.345 e. The first-order chi connectivity index (χ1) is 11.0. The van der Waals surface area contributed by atoms with Crippen LogP contribution in [0.15, 0.2) is 48.5 Å². The molecule has 0 saturated carbocycles. The molecule has 3 nitrogen and oxygen atoms in total.